The van der Waals surface area contributed by atoms with E-state index in [0.29, 0.717) is 19.5 Å². The molecular weight excluding hydrogens is 306 g/mol. The van der Waals surface area contributed by atoms with E-state index < -0.39 is 18.6 Å². The van der Waals surface area contributed by atoms with E-state index in [9.17, 15) is 18.4 Å². The van der Waals surface area contributed by atoms with E-state index in [0.717, 1.165) is 32.1 Å². The van der Waals surface area contributed by atoms with Crippen LogP contribution in [0.25, 0.3) is 0 Å². The Balaban J connectivity index is 1.64. The number of halogens is 2. The number of hydrogen-bond donors (Lipinski definition) is 0. The zero-order valence-corrected chi connectivity index (χ0v) is 13.3. The first-order valence-corrected chi connectivity index (χ1v) is 8.57. The first-order chi connectivity index (χ1) is 11.1. The summed E-state index contributed by atoms with van der Waals surface area (Å²) < 4.78 is 30.6. The van der Waals surface area contributed by atoms with Gasteiger partial charge in [-0.25, -0.2) is 8.78 Å². The Labute approximate surface area is 134 Å². The number of morpholine rings is 1. The van der Waals surface area contributed by atoms with Crippen LogP contribution in [0.3, 0.4) is 0 Å². The second kappa shape index (κ2) is 7.11. The smallest absolute Gasteiger partial charge is 0.266 e. The molecule has 2 saturated heterocycles. The highest BCUT2D eigenvalue weighted by Crippen LogP contribution is 2.30. The summed E-state index contributed by atoms with van der Waals surface area (Å²) in [6, 6.07) is -0.473. The van der Waals surface area contributed by atoms with Crippen molar-refractivity contribution in [3.8, 4) is 0 Å². The molecule has 2 amide bonds. The van der Waals surface area contributed by atoms with E-state index in [4.69, 9.17) is 4.74 Å². The van der Waals surface area contributed by atoms with E-state index in [1.807, 2.05) is 0 Å². The molecule has 7 heteroatoms. The van der Waals surface area contributed by atoms with Gasteiger partial charge in [0.15, 0.2) is 0 Å². The molecule has 3 fully saturated rings. The van der Waals surface area contributed by atoms with Gasteiger partial charge >= 0.3 is 0 Å². The third-order valence-electron chi connectivity index (χ3n) is 5.21. The topological polar surface area (TPSA) is 49.9 Å². The molecular formula is C16H24F2N2O3. The fraction of sp³-hybridized carbons (Fsp3) is 0.875. The summed E-state index contributed by atoms with van der Waals surface area (Å²) >= 11 is 0. The first kappa shape index (κ1) is 16.6. The Bertz CT molecular complexity index is 455. The van der Waals surface area contributed by atoms with Gasteiger partial charge in [-0.1, -0.05) is 12.8 Å². The van der Waals surface area contributed by atoms with E-state index in [1.165, 1.54) is 4.90 Å². The zero-order chi connectivity index (χ0) is 16.4. The molecule has 130 valence electrons. The summed E-state index contributed by atoms with van der Waals surface area (Å²) in [6.07, 6.45) is 1.58. The third-order valence-corrected chi connectivity index (χ3v) is 5.21. The maximum Gasteiger partial charge on any atom is 0.266 e. The molecule has 0 N–H and O–H groups in total. The molecule has 0 aromatic carbocycles. The van der Waals surface area contributed by atoms with Crippen LogP contribution in [-0.4, -0.2) is 66.4 Å². The van der Waals surface area contributed by atoms with E-state index >= 15 is 0 Å². The molecule has 0 bridgehead atoms. The van der Waals surface area contributed by atoms with Crippen molar-refractivity contribution in [3.63, 3.8) is 0 Å². The van der Waals surface area contributed by atoms with Gasteiger partial charge in [0.25, 0.3) is 6.43 Å². The number of nitrogens with zero attached hydrogens (tertiary/aromatic N) is 2. The molecule has 2 atom stereocenters. The van der Waals surface area contributed by atoms with Gasteiger partial charge in [0.1, 0.15) is 12.1 Å². The Morgan fingerprint density at radius 2 is 1.74 bits per heavy atom. The van der Waals surface area contributed by atoms with Gasteiger partial charge in [-0.05, 0) is 25.7 Å². The van der Waals surface area contributed by atoms with Crippen molar-refractivity contribution < 1.29 is 23.1 Å². The highest BCUT2D eigenvalue weighted by atomic mass is 19.3. The van der Waals surface area contributed by atoms with Crippen LogP contribution in [0.1, 0.15) is 38.5 Å². The van der Waals surface area contributed by atoms with Gasteiger partial charge in [0, 0.05) is 19.0 Å². The second-order valence-electron chi connectivity index (χ2n) is 6.70. The molecule has 1 saturated carbocycles. The number of amides is 2. The number of carbonyl (C=O) groups is 2. The molecule has 0 aromatic rings. The quantitative estimate of drug-likeness (QED) is 0.791. The van der Waals surface area contributed by atoms with Crippen LogP contribution in [0.15, 0.2) is 0 Å². The predicted octanol–water partition coefficient (Wildman–Crippen LogP) is 1.66. The molecule has 3 aliphatic rings. The zero-order valence-electron chi connectivity index (χ0n) is 13.3. The summed E-state index contributed by atoms with van der Waals surface area (Å²) in [5.41, 5.74) is 0. The lowest BCUT2D eigenvalue weighted by Gasteiger charge is -2.36. The molecule has 23 heavy (non-hydrogen) atoms. The Morgan fingerprint density at radius 1 is 1.00 bits per heavy atom. The molecule has 3 rings (SSSR count). The van der Waals surface area contributed by atoms with Gasteiger partial charge in [-0.2, -0.15) is 0 Å². The fourth-order valence-corrected chi connectivity index (χ4v) is 3.93. The van der Waals surface area contributed by atoms with Crippen molar-refractivity contribution in [2.24, 2.45) is 5.92 Å². The highest BCUT2D eigenvalue weighted by molar-refractivity contribution is 5.89. The maximum absolute atomic E-state index is 12.8. The van der Waals surface area contributed by atoms with Crippen molar-refractivity contribution >= 4 is 11.8 Å². The maximum atomic E-state index is 12.8. The van der Waals surface area contributed by atoms with Crippen LogP contribution in [0.2, 0.25) is 0 Å². The summed E-state index contributed by atoms with van der Waals surface area (Å²) in [5.74, 6) is -0.0679. The van der Waals surface area contributed by atoms with Gasteiger partial charge in [-0.3, -0.25) is 9.59 Å². The molecule has 5 nitrogen and oxygen atoms in total. The minimum absolute atomic E-state index is 0.0434. The standard InChI is InChI=1S/C16H24F2N2O3/c17-14(18)13-10-19(8-9-23-13)16(22)12-6-3-7-20(12)15(21)11-4-1-2-5-11/h11-14H,1-10H2. The van der Waals surface area contributed by atoms with Crippen molar-refractivity contribution in [1.82, 2.24) is 9.80 Å². The summed E-state index contributed by atoms with van der Waals surface area (Å²) in [7, 11) is 0. The number of alkyl halides is 2. The van der Waals surface area contributed by atoms with Crippen LogP contribution in [0.4, 0.5) is 8.78 Å². The molecule has 2 aliphatic heterocycles. The Kier molecular flexibility index (Phi) is 5.14. The molecule has 0 radical (unpaired) electrons. The van der Waals surface area contributed by atoms with Crippen molar-refractivity contribution in [2.45, 2.75) is 57.1 Å². The van der Waals surface area contributed by atoms with Crippen LogP contribution in [-0.2, 0) is 14.3 Å². The van der Waals surface area contributed by atoms with Crippen molar-refractivity contribution in [3.05, 3.63) is 0 Å². The van der Waals surface area contributed by atoms with Crippen molar-refractivity contribution in [1.29, 1.82) is 0 Å². The largest absolute Gasteiger partial charge is 0.369 e. The van der Waals surface area contributed by atoms with Gasteiger partial charge in [0.2, 0.25) is 11.8 Å². The van der Waals surface area contributed by atoms with Gasteiger partial charge in [0.05, 0.1) is 13.2 Å². The Morgan fingerprint density at radius 3 is 2.43 bits per heavy atom. The SMILES string of the molecule is O=C(C1CCCN1C(=O)C1CCCC1)N1CCOC(C(F)F)C1. The number of hydrogen-bond acceptors (Lipinski definition) is 3. The monoisotopic (exact) mass is 330 g/mol. The number of likely N-dealkylation sites (tertiary alicyclic amines) is 1. The predicted molar refractivity (Wildman–Crippen MR) is 79.0 cm³/mol. The summed E-state index contributed by atoms with van der Waals surface area (Å²) in [5, 5.41) is 0. The van der Waals surface area contributed by atoms with Crippen LogP contribution < -0.4 is 0 Å². The average molecular weight is 330 g/mol. The van der Waals surface area contributed by atoms with Gasteiger partial charge in [-0.15, -0.1) is 0 Å². The van der Waals surface area contributed by atoms with E-state index in [-0.39, 0.29) is 30.9 Å². The van der Waals surface area contributed by atoms with Gasteiger partial charge < -0.3 is 14.5 Å². The minimum atomic E-state index is -2.59. The highest BCUT2D eigenvalue weighted by Gasteiger charge is 2.41. The molecule has 0 aromatic heterocycles. The molecule has 2 unspecified atom stereocenters. The lowest BCUT2D eigenvalue weighted by atomic mass is 10.1. The molecule has 0 spiro atoms. The number of ether oxygens (including phenoxy) is 1. The Hall–Kier alpha value is -1.24. The molecule has 1 aliphatic carbocycles. The normalized spacial score (nSPS) is 29.5. The first-order valence-electron chi connectivity index (χ1n) is 8.57. The lowest BCUT2D eigenvalue weighted by molar-refractivity contribution is -0.155. The van der Waals surface area contributed by atoms with Crippen LogP contribution in [0.5, 0.6) is 0 Å². The fourth-order valence-electron chi connectivity index (χ4n) is 3.93. The number of carbonyl (C=O) groups excluding carboxylic acids is 2. The van der Waals surface area contributed by atoms with Crippen molar-refractivity contribution in [2.75, 3.05) is 26.2 Å². The second-order valence-corrected chi connectivity index (χ2v) is 6.70. The average Bonchev–Trinajstić information content (AvgIpc) is 3.25. The van der Waals surface area contributed by atoms with E-state index in [2.05, 4.69) is 0 Å². The molecule has 2 heterocycles. The van der Waals surface area contributed by atoms with Crippen LogP contribution in [0, 0.1) is 5.92 Å². The summed E-state index contributed by atoms with van der Waals surface area (Å²) in [4.78, 5) is 28.5. The summed E-state index contributed by atoms with van der Waals surface area (Å²) in [6.45, 7) is 0.973. The number of rotatable bonds is 3. The minimum Gasteiger partial charge on any atom is -0.369 e. The lowest BCUT2D eigenvalue weighted by Crippen LogP contribution is -2.54. The van der Waals surface area contributed by atoms with E-state index in [1.54, 1.807) is 4.90 Å². The third kappa shape index (κ3) is 3.49. The van der Waals surface area contributed by atoms with Crippen LogP contribution >= 0.6 is 0 Å².